The first-order valence-electron chi connectivity index (χ1n) is 5.67. The normalized spacial score (nSPS) is 9.89. The molecule has 0 aliphatic heterocycles. The van der Waals surface area contributed by atoms with E-state index >= 15 is 0 Å². The zero-order valence-corrected chi connectivity index (χ0v) is 11.3. The van der Waals surface area contributed by atoms with Crippen LogP contribution in [0.5, 0.6) is 5.75 Å². The highest BCUT2D eigenvalue weighted by Crippen LogP contribution is 2.14. The van der Waals surface area contributed by atoms with E-state index in [9.17, 15) is 13.6 Å². The summed E-state index contributed by atoms with van der Waals surface area (Å²) in [5.41, 5.74) is 0.410. The fourth-order valence-electron chi connectivity index (χ4n) is 1.33. The van der Waals surface area contributed by atoms with Crippen molar-refractivity contribution in [2.24, 2.45) is 0 Å². The second-order valence-electron chi connectivity index (χ2n) is 3.51. The summed E-state index contributed by atoms with van der Waals surface area (Å²) in [5, 5.41) is 5.77. The van der Waals surface area contributed by atoms with Gasteiger partial charge in [0.2, 0.25) is 0 Å². The van der Waals surface area contributed by atoms with Gasteiger partial charge >= 0.3 is 6.61 Å². The lowest BCUT2D eigenvalue weighted by atomic mass is 10.2. The number of rotatable bonds is 7. The summed E-state index contributed by atoms with van der Waals surface area (Å²) in [7, 11) is 0. The number of ether oxygens (including phenoxy) is 1. The Morgan fingerprint density at radius 3 is 2.42 bits per heavy atom. The van der Waals surface area contributed by atoms with Gasteiger partial charge in [0.25, 0.3) is 5.91 Å². The van der Waals surface area contributed by atoms with Gasteiger partial charge in [-0.3, -0.25) is 4.79 Å². The quantitative estimate of drug-likeness (QED) is 0.757. The standard InChI is InChI=1S/C12H16F2N2O2.ClH/c1-2-15-7-8-16-11(17)9-3-5-10(6-4-9)18-12(13)14;/h3-6,12,15H,2,7-8H2,1H3,(H,16,17);1H. The van der Waals surface area contributed by atoms with E-state index < -0.39 is 6.61 Å². The van der Waals surface area contributed by atoms with Crippen LogP contribution in [0.4, 0.5) is 8.78 Å². The van der Waals surface area contributed by atoms with Gasteiger partial charge in [-0.15, -0.1) is 12.4 Å². The van der Waals surface area contributed by atoms with E-state index in [1.54, 1.807) is 0 Å². The largest absolute Gasteiger partial charge is 0.435 e. The van der Waals surface area contributed by atoms with Crippen LogP contribution in [0.25, 0.3) is 0 Å². The number of benzene rings is 1. The maximum Gasteiger partial charge on any atom is 0.387 e. The van der Waals surface area contributed by atoms with Crippen LogP contribution in [0.15, 0.2) is 24.3 Å². The van der Waals surface area contributed by atoms with E-state index in [-0.39, 0.29) is 24.1 Å². The Kier molecular flexibility index (Phi) is 8.82. The molecule has 108 valence electrons. The van der Waals surface area contributed by atoms with Gasteiger partial charge in [0.05, 0.1) is 0 Å². The van der Waals surface area contributed by atoms with Crippen LogP contribution in [-0.2, 0) is 0 Å². The van der Waals surface area contributed by atoms with Crippen molar-refractivity contribution in [2.45, 2.75) is 13.5 Å². The molecule has 0 fully saturated rings. The lowest BCUT2D eigenvalue weighted by molar-refractivity contribution is -0.0498. The molecule has 1 amide bonds. The molecule has 0 saturated carbocycles. The number of amides is 1. The number of nitrogens with one attached hydrogen (secondary N) is 2. The predicted molar refractivity (Wildman–Crippen MR) is 71.2 cm³/mol. The third-order valence-electron chi connectivity index (χ3n) is 2.18. The van der Waals surface area contributed by atoms with E-state index in [4.69, 9.17) is 0 Å². The fraction of sp³-hybridized carbons (Fsp3) is 0.417. The minimum atomic E-state index is -2.86. The lowest BCUT2D eigenvalue weighted by Crippen LogP contribution is -2.31. The van der Waals surface area contributed by atoms with E-state index in [1.165, 1.54) is 24.3 Å². The molecule has 2 N–H and O–H groups in total. The molecule has 1 rings (SSSR count). The molecule has 4 nitrogen and oxygen atoms in total. The zero-order valence-electron chi connectivity index (χ0n) is 10.5. The Bertz CT molecular complexity index is 374. The number of hydrogen-bond acceptors (Lipinski definition) is 3. The minimum Gasteiger partial charge on any atom is -0.435 e. The van der Waals surface area contributed by atoms with Crippen LogP contribution in [0.1, 0.15) is 17.3 Å². The molecule has 1 aromatic carbocycles. The SMILES string of the molecule is CCNCCNC(=O)c1ccc(OC(F)F)cc1.Cl. The van der Waals surface area contributed by atoms with Crippen LogP contribution in [0.2, 0.25) is 0 Å². The van der Waals surface area contributed by atoms with Crippen LogP contribution in [0.3, 0.4) is 0 Å². The number of carbonyl (C=O) groups excluding carboxylic acids is 1. The Labute approximate surface area is 116 Å². The highest BCUT2D eigenvalue weighted by molar-refractivity contribution is 5.94. The van der Waals surface area contributed by atoms with Crippen LogP contribution in [0, 0.1) is 0 Å². The second kappa shape index (κ2) is 9.52. The monoisotopic (exact) mass is 294 g/mol. The molecule has 0 atom stereocenters. The first-order valence-corrected chi connectivity index (χ1v) is 5.67. The average Bonchev–Trinajstić information content (AvgIpc) is 2.34. The second-order valence-corrected chi connectivity index (χ2v) is 3.51. The first kappa shape index (κ1) is 17.6. The van der Waals surface area contributed by atoms with Crippen molar-refractivity contribution < 1.29 is 18.3 Å². The van der Waals surface area contributed by atoms with Crippen molar-refractivity contribution in [1.29, 1.82) is 0 Å². The molecule has 19 heavy (non-hydrogen) atoms. The smallest absolute Gasteiger partial charge is 0.387 e. The van der Waals surface area contributed by atoms with Crippen molar-refractivity contribution in [3.63, 3.8) is 0 Å². The highest BCUT2D eigenvalue weighted by atomic mass is 35.5. The van der Waals surface area contributed by atoms with Gasteiger partial charge in [-0.1, -0.05) is 6.92 Å². The van der Waals surface area contributed by atoms with Crippen molar-refractivity contribution >= 4 is 18.3 Å². The molecule has 0 spiro atoms. The van der Waals surface area contributed by atoms with Crippen LogP contribution >= 0.6 is 12.4 Å². The van der Waals surface area contributed by atoms with Gasteiger partial charge in [0.1, 0.15) is 5.75 Å². The van der Waals surface area contributed by atoms with Crippen LogP contribution < -0.4 is 15.4 Å². The number of carbonyl (C=O) groups is 1. The summed E-state index contributed by atoms with van der Waals surface area (Å²) in [6.45, 7) is 1.17. The Morgan fingerprint density at radius 1 is 1.26 bits per heavy atom. The first-order chi connectivity index (χ1) is 8.63. The molecule has 0 heterocycles. The molecular formula is C12H17ClF2N2O2. The third-order valence-corrected chi connectivity index (χ3v) is 2.18. The van der Waals surface area contributed by atoms with Gasteiger partial charge in [-0.2, -0.15) is 8.78 Å². The van der Waals surface area contributed by atoms with Gasteiger partial charge < -0.3 is 15.4 Å². The van der Waals surface area contributed by atoms with E-state index in [0.717, 1.165) is 6.54 Å². The number of halogens is 3. The summed E-state index contributed by atoms with van der Waals surface area (Å²) < 4.78 is 28.0. The van der Waals surface area contributed by atoms with Gasteiger partial charge in [-0.25, -0.2) is 0 Å². The predicted octanol–water partition coefficient (Wildman–Crippen LogP) is 2.05. The van der Waals surface area contributed by atoms with Gasteiger partial charge in [0, 0.05) is 18.7 Å². The number of hydrogen-bond donors (Lipinski definition) is 2. The van der Waals surface area contributed by atoms with E-state index in [1.807, 2.05) is 6.92 Å². The number of alkyl halides is 2. The molecule has 1 aromatic rings. The molecule has 0 aliphatic rings. The maximum absolute atomic E-state index is 11.9. The van der Waals surface area contributed by atoms with Gasteiger partial charge in [-0.05, 0) is 30.8 Å². The highest BCUT2D eigenvalue weighted by Gasteiger charge is 2.07. The Balaban J connectivity index is 0.00000324. The minimum absolute atomic E-state index is 0. The molecular weight excluding hydrogens is 278 g/mol. The van der Waals surface area contributed by atoms with Gasteiger partial charge in [0.15, 0.2) is 0 Å². The Morgan fingerprint density at radius 2 is 1.89 bits per heavy atom. The van der Waals surface area contributed by atoms with Crippen molar-refractivity contribution in [1.82, 2.24) is 10.6 Å². The molecule has 0 bridgehead atoms. The molecule has 0 unspecified atom stereocenters. The fourth-order valence-corrected chi connectivity index (χ4v) is 1.33. The van der Waals surface area contributed by atoms with Crippen molar-refractivity contribution in [3.05, 3.63) is 29.8 Å². The van der Waals surface area contributed by atoms with Crippen molar-refractivity contribution in [3.8, 4) is 5.75 Å². The summed E-state index contributed by atoms with van der Waals surface area (Å²) >= 11 is 0. The maximum atomic E-state index is 11.9. The molecule has 0 aromatic heterocycles. The molecule has 0 radical (unpaired) electrons. The van der Waals surface area contributed by atoms with Crippen LogP contribution in [-0.4, -0.2) is 32.2 Å². The zero-order chi connectivity index (χ0) is 13.4. The Hall–Kier alpha value is -1.40. The van der Waals surface area contributed by atoms with E-state index in [2.05, 4.69) is 15.4 Å². The summed E-state index contributed by atoms with van der Waals surface area (Å²) in [6, 6.07) is 5.57. The van der Waals surface area contributed by atoms with Crippen molar-refractivity contribution in [2.75, 3.05) is 19.6 Å². The summed E-state index contributed by atoms with van der Waals surface area (Å²) in [6.07, 6.45) is 0. The molecule has 0 saturated heterocycles. The third kappa shape index (κ3) is 6.93. The summed E-state index contributed by atoms with van der Waals surface area (Å²) in [5.74, 6) is -0.203. The number of likely N-dealkylation sites (N-methyl/N-ethyl adjacent to an activating group) is 1. The molecule has 0 aliphatic carbocycles. The topological polar surface area (TPSA) is 50.4 Å². The van der Waals surface area contributed by atoms with E-state index in [0.29, 0.717) is 18.7 Å². The summed E-state index contributed by atoms with van der Waals surface area (Å²) in [4.78, 5) is 11.6. The molecule has 7 heteroatoms. The lowest BCUT2D eigenvalue weighted by Gasteiger charge is -2.07. The average molecular weight is 295 g/mol.